The molecule has 2 aromatic carbocycles. The second kappa shape index (κ2) is 7.93. The largest absolute Gasteiger partial charge is 0.411 e. The summed E-state index contributed by atoms with van der Waals surface area (Å²) >= 11 is 1.15. The number of benzene rings is 2. The fourth-order valence-corrected chi connectivity index (χ4v) is 3.69. The van der Waals surface area contributed by atoms with Gasteiger partial charge in [-0.25, -0.2) is 0 Å². The maximum Gasteiger partial charge on any atom is 0.277 e. The van der Waals surface area contributed by atoms with Crippen molar-refractivity contribution < 1.29 is 14.1 Å². The molecule has 0 saturated carbocycles. The lowest BCUT2D eigenvalue weighted by Crippen LogP contribution is -2.09. The van der Waals surface area contributed by atoms with Crippen LogP contribution in [-0.2, 0) is 0 Å². The molecule has 0 unspecified atom stereocenters. The molecule has 3 aromatic rings. The molecule has 28 heavy (non-hydrogen) atoms. The molecule has 0 atom stereocenters. The minimum Gasteiger partial charge on any atom is -0.411 e. The number of nitrogens with zero attached hydrogens (tertiary/aromatic N) is 3. The van der Waals surface area contributed by atoms with E-state index in [0.717, 1.165) is 39.6 Å². The van der Waals surface area contributed by atoms with Gasteiger partial charge in [-0.3, -0.25) is 14.9 Å². The lowest BCUT2D eigenvalue weighted by Gasteiger charge is -2.13. The van der Waals surface area contributed by atoms with Gasteiger partial charge >= 0.3 is 0 Å². The first-order valence-corrected chi connectivity index (χ1v) is 9.58. The predicted octanol–water partition coefficient (Wildman–Crippen LogP) is 4.85. The van der Waals surface area contributed by atoms with Gasteiger partial charge in [0.05, 0.1) is 10.7 Å². The number of carbonyl (C=O) groups excluding carboxylic acids is 1. The summed E-state index contributed by atoms with van der Waals surface area (Å²) in [5.74, 6) is 0.344. The zero-order valence-corrected chi connectivity index (χ0v) is 16.8. The Morgan fingerprint density at radius 2 is 1.86 bits per heavy atom. The summed E-state index contributed by atoms with van der Waals surface area (Å²) in [6.45, 7) is 7.94. The van der Waals surface area contributed by atoms with Crippen LogP contribution in [0.5, 0.6) is 0 Å². The highest BCUT2D eigenvalue weighted by atomic mass is 32.2. The van der Waals surface area contributed by atoms with Crippen LogP contribution < -0.4 is 0 Å². The number of hydrogen-bond acceptors (Lipinski definition) is 7. The van der Waals surface area contributed by atoms with Crippen molar-refractivity contribution in [2.45, 2.75) is 32.9 Å². The van der Waals surface area contributed by atoms with Crippen molar-refractivity contribution in [3.8, 4) is 11.5 Å². The Morgan fingerprint density at radius 3 is 2.57 bits per heavy atom. The normalized spacial score (nSPS) is 10.9. The summed E-state index contributed by atoms with van der Waals surface area (Å²) in [4.78, 5) is 23.1. The summed E-state index contributed by atoms with van der Waals surface area (Å²) in [5, 5.41) is 19.0. The van der Waals surface area contributed by atoms with Crippen molar-refractivity contribution in [2.24, 2.45) is 0 Å². The molecule has 1 heterocycles. The maximum atomic E-state index is 12.7. The van der Waals surface area contributed by atoms with Crippen molar-refractivity contribution in [1.82, 2.24) is 10.2 Å². The molecule has 0 spiro atoms. The summed E-state index contributed by atoms with van der Waals surface area (Å²) in [6.07, 6.45) is 0. The average molecular weight is 397 g/mol. The number of carbonyl (C=O) groups is 1. The van der Waals surface area contributed by atoms with E-state index in [4.69, 9.17) is 4.42 Å². The second-order valence-corrected chi connectivity index (χ2v) is 7.45. The van der Waals surface area contributed by atoms with Crippen molar-refractivity contribution in [2.75, 3.05) is 5.75 Å². The number of aryl methyl sites for hydroxylation is 2. The van der Waals surface area contributed by atoms with Gasteiger partial charge in [-0.05, 0) is 56.0 Å². The molecule has 1 aromatic heterocycles. The van der Waals surface area contributed by atoms with Crippen LogP contribution in [0.25, 0.3) is 11.5 Å². The number of thioether (sulfide) groups is 1. The van der Waals surface area contributed by atoms with Crippen molar-refractivity contribution in [3.05, 3.63) is 68.3 Å². The number of ketones is 1. The third kappa shape index (κ3) is 3.96. The minimum atomic E-state index is -0.484. The Hall–Kier alpha value is -3.00. The second-order valence-electron chi connectivity index (χ2n) is 6.53. The van der Waals surface area contributed by atoms with Gasteiger partial charge in [0.2, 0.25) is 5.89 Å². The van der Waals surface area contributed by atoms with Crippen LogP contribution in [-0.4, -0.2) is 26.7 Å². The van der Waals surface area contributed by atoms with Crippen molar-refractivity contribution >= 4 is 23.2 Å². The first kappa shape index (κ1) is 19.8. The van der Waals surface area contributed by atoms with Gasteiger partial charge in [-0.2, -0.15) is 0 Å². The fraction of sp³-hybridized carbons (Fsp3) is 0.250. The Kier molecular flexibility index (Phi) is 5.60. The highest BCUT2D eigenvalue weighted by Gasteiger charge is 2.18. The topological polar surface area (TPSA) is 99.1 Å². The average Bonchev–Trinajstić information content (AvgIpc) is 3.14. The highest BCUT2D eigenvalue weighted by Crippen LogP contribution is 2.28. The van der Waals surface area contributed by atoms with E-state index in [1.54, 1.807) is 12.1 Å². The smallest absolute Gasteiger partial charge is 0.277 e. The van der Waals surface area contributed by atoms with E-state index in [1.807, 2.05) is 33.8 Å². The van der Waals surface area contributed by atoms with Crippen LogP contribution >= 0.6 is 11.8 Å². The van der Waals surface area contributed by atoms with Crippen LogP contribution in [0.2, 0.25) is 0 Å². The molecule has 0 bridgehead atoms. The zero-order chi connectivity index (χ0) is 20.4. The Bertz CT molecular complexity index is 1080. The van der Waals surface area contributed by atoms with E-state index in [2.05, 4.69) is 10.2 Å². The van der Waals surface area contributed by atoms with Crippen LogP contribution in [0.4, 0.5) is 5.69 Å². The number of rotatable bonds is 6. The van der Waals surface area contributed by atoms with Gasteiger partial charge in [0.25, 0.3) is 10.9 Å². The third-order valence-corrected chi connectivity index (χ3v) is 5.49. The summed E-state index contributed by atoms with van der Waals surface area (Å²) in [7, 11) is 0. The zero-order valence-electron chi connectivity index (χ0n) is 16.0. The SMILES string of the molecule is Cc1cc(C)c(C(=O)CSc2nnc(-c3cccc([N+](=O)[O-])c3)o2)c(C)c1C. The van der Waals surface area contributed by atoms with E-state index in [-0.39, 0.29) is 28.3 Å². The molecule has 8 heteroatoms. The molecular formula is C20H19N3O4S. The lowest BCUT2D eigenvalue weighted by atomic mass is 9.92. The van der Waals surface area contributed by atoms with E-state index >= 15 is 0 Å². The number of aromatic nitrogens is 2. The minimum absolute atomic E-state index is 0.00167. The number of nitro groups is 1. The third-order valence-electron chi connectivity index (χ3n) is 4.67. The first-order chi connectivity index (χ1) is 13.3. The molecular weight excluding hydrogens is 378 g/mol. The highest BCUT2D eigenvalue weighted by molar-refractivity contribution is 7.99. The molecule has 144 valence electrons. The van der Waals surface area contributed by atoms with Gasteiger partial charge in [-0.15, -0.1) is 10.2 Å². The summed E-state index contributed by atoms with van der Waals surface area (Å²) in [6, 6.07) is 7.99. The molecule has 0 amide bonds. The molecule has 0 saturated heterocycles. The van der Waals surface area contributed by atoms with Crippen LogP contribution in [0.15, 0.2) is 40.0 Å². The van der Waals surface area contributed by atoms with Gasteiger partial charge < -0.3 is 4.42 Å². The lowest BCUT2D eigenvalue weighted by molar-refractivity contribution is -0.384. The summed E-state index contributed by atoms with van der Waals surface area (Å²) in [5.41, 5.74) is 5.36. The number of nitro benzene ring substituents is 1. The number of non-ortho nitro benzene ring substituents is 1. The van der Waals surface area contributed by atoms with Gasteiger partial charge in [0, 0.05) is 23.3 Å². The maximum absolute atomic E-state index is 12.7. The van der Waals surface area contributed by atoms with E-state index in [1.165, 1.54) is 12.1 Å². The quantitative estimate of drug-likeness (QED) is 0.254. The number of hydrogen-bond donors (Lipinski definition) is 0. The standard InChI is InChI=1S/C20H19N3O4S/c1-11-8-12(2)18(14(4)13(11)3)17(24)10-28-20-22-21-19(27-20)15-6-5-7-16(9-15)23(25)26/h5-9H,10H2,1-4H3. The molecule has 0 aliphatic rings. The van der Waals surface area contributed by atoms with E-state index < -0.39 is 4.92 Å². The van der Waals surface area contributed by atoms with Crippen LogP contribution in [0.3, 0.4) is 0 Å². The monoisotopic (exact) mass is 397 g/mol. The first-order valence-electron chi connectivity index (χ1n) is 8.59. The summed E-state index contributed by atoms with van der Waals surface area (Å²) < 4.78 is 5.56. The fourth-order valence-electron chi connectivity index (χ4n) is 3.05. The Morgan fingerprint density at radius 1 is 1.11 bits per heavy atom. The van der Waals surface area contributed by atoms with Gasteiger partial charge in [0.1, 0.15) is 0 Å². The Labute approximate surface area is 166 Å². The van der Waals surface area contributed by atoms with Crippen molar-refractivity contribution in [3.63, 3.8) is 0 Å². The predicted molar refractivity (Wildman–Crippen MR) is 107 cm³/mol. The van der Waals surface area contributed by atoms with E-state index in [9.17, 15) is 14.9 Å². The molecule has 3 rings (SSSR count). The van der Waals surface area contributed by atoms with Crippen molar-refractivity contribution in [1.29, 1.82) is 0 Å². The molecule has 0 aliphatic heterocycles. The van der Waals surface area contributed by atoms with Gasteiger partial charge in [0.15, 0.2) is 5.78 Å². The molecule has 0 fully saturated rings. The molecule has 0 N–H and O–H groups in total. The Balaban J connectivity index is 1.75. The van der Waals surface area contributed by atoms with Gasteiger partial charge in [-0.1, -0.05) is 23.9 Å². The molecule has 0 radical (unpaired) electrons. The van der Waals surface area contributed by atoms with Crippen LogP contribution in [0, 0.1) is 37.8 Å². The van der Waals surface area contributed by atoms with E-state index in [0.29, 0.717) is 5.56 Å². The van der Waals surface area contributed by atoms with Crippen LogP contribution in [0.1, 0.15) is 32.6 Å². The molecule has 0 aliphatic carbocycles. The molecule has 7 nitrogen and oxygen atoms in total. The number of Topliss-reactive ketones (excluding diaryl/α,β-unsaturated/α-hetero) is 1.